The van der Waals surface area contributed by atoms with E-state index in [0.29, 0.717) is 6.61 Å². The number of amides is 1. The van der Waals surface area contributed by atoms with Gasteiger partial charge in [0.05, 0.1) is 17.8 Å². The van der Waals surface area contributed by atoms with Gasteiger partial charge in [0.15, 0.2) is 0 Å². The summed E-state index contributed by atoms with van der Waals surface area (Å²) in [5.74, 6) is -3.67. The van der Waals surface area contributed by atoms with Crippen LogP contribution in [0.5, 0.6) is 0 Å². The van der Waals surface area contributed by atoms with Gasteiger partial charge in [-0.15, -0.1) is 0 Å². The molecule has 1 aromatic heterocycles. The highest BCUT2D eigenvalue weighted by Gasteiger charge is 2.38. The lowest BCUT2D eigenvalue weighted by Gasteiger charge is -2.10. The lowest BCUT2D eigenvalue weighted by molar-refractivity contribution is -0.159. The van der Waals surface area contributed by atoms with Gasteiger partial charge in [0.1, 0.15) is 12.4 Å². The Hall–Kier alpha value is -2.98. The van der Waals surface area contributed by atoms with Gasteiger partial charge in [0.25, 0.3) is 5.91 Å². The molecule has 1 N–H and O–H groups in total. The van der Waals surface area contributed by atoms with Gasteiger partial charge in [-0.3, -0.25) is 4.79 Å². The third kappa shape index (κ3) is 4.77. The zero-order valence-electron chi connectivity index (χ0n) is 13.7. The smallest absolute Gasteiger partial charge is 0.396 e. The third-order valence-corrected chi connectivity index (χ3v) is 2.99. The highest BCUT2D eigenvalue weighted by molar-refractivity contribution is 5.96. The number of carbonyl (C=O) groups is 1. The molecule has 1 amide bonds. The number of nitrogens with zero attached hydrogens (tertiary/aromatic N) is 3. The van der Waals surface area contributed by atoms with E-state index in [2.05, 4.69) is 25.1 Å². The summed E-state index contributed by atoms with van der Waals surface area (Å²) in [6.07, 6.45) is -3.48. The maximum atomic E-state index is 14.2. The molecule has 1 heterocycles. The standard InChI is InChI=1S/C15H14F4N4O3/c1-3-25-20-7-8(2)21-13(24)10-5-4-9(6-11(10)16)12-22-14(26-23-12)15(17,18)19/h4-8H,3H2,1-2H3,(H,21,24)/b20-7+. The zero-order valence-corrected chi connectivity index (χ0v) is 13.7. The Balaban J connectivity index is 2.14. The number of rotatable bonds is 6. The molecule has 26 heavy (non-hydrogen) atoms. The minimum Gasteiger partial charge on any atom is -0.396 e. The van der Waals surface area contributed by atoms with Gasteiger partial charge in [-0.05, 0) is 26.0 Å². The van der Waals surface area contributed by atoms with Crippen LogP contribution in [0.15, 0.2) is 27.9 Å². The molecule has 0 spiro atoms. The van der Waals surface area contributed by atoms with Crippen LogP contribution < -0.4 is 5.32 Å². The Kier molecular flexibility index (Phi) is 5.90. The Morgan fingerprint density at radius 2 is 2.19 bits per heavy atom. The molecule has 0 saturated carbocycles. The molecule has 0 bridgehead atoms. The number of nitrogens with one attached hydrogen (secondary N) is 1. The summed E-state index contributed by atoms with van der Waals surface area (Å²) in [4.78, 5) is 19.9. The second kappa shape index (κ2) is 7.93. The van der Waals surface area contributed by atoms with Gasteiger partial charge < -0.3 is 14.7 Å². The van der Waals surface area contributed by atoms with Gasteiger partial charge in [0, 0.05) is 5.56 Å². The molecule has 0 fully saturated rings. The molecule has 2 aromatic rings. The zero-order chi connectivity index (χ0) is 19.3. The molecule has 140 valence electrons. The van der Waals surface area contributed by atoms with Crippen LogP contribution in [0.3, 0.4) is 0 Å². The Bertz CT molecular complexity index is 804. The van der Waals surface area contributed by atoms with Gasteiger partial charge in [0.2, 0.25) is 5.82 Å². The molecule has 0 aliphatic heterocycles. The molecule has 0 radical (unpaired) electrons. The van der Waals surface area contributed by atoms with Crippen molar-refractivity contribution in [3.8, 4) is 11.4 Å². The van der Waals surface area contributed by atoms with Crippen molar-refractivity contribution in [3.63, 3.8) is 0 Å². The fourth-order valence-electron chi connectivity index (χ4n) is 1.82. The van der Waals surface area contributed by atoms with Crippen LogP contribution in [-0.4, -0.2) is 34.9 Å². The molecule has 0 aliphatic carbocycles. The summed E-state index contributed by atoms with van der Waals surface area (Å²) in [6.45, 7) is 3.70. The summed E-state index contributed by atoms with van der Waals surface area (Å²) in [6, 6.07) is 2.64. The van der Waals surface area contributed by atoms with Crippen molar-refractivity contribution >= 4 is 12.1 Å². The molecule has 0 aliphatic rings. The summed E-state index contributed by atoms with van der Waals surface area (Å²) < 4.78 is 55.6. The highest BCUT2D eigenvalue weighted by Crippen LogP contribution is 2.29. The molecular formula is C15H14F4N4O3. The minimum atomic E-state index is -4.80. The van der Waals surface area contributed by atoms with E-state index in [4.69, 9.17) is 4.84 Å². The lowest BCUT2D eigenvalue weighted by atomic mass is 10.1. The van der Waals surface area contributed by atoms with Crippen LogP contribution in [0.25, 0.3) is 11.4 Å². The van der Waals surface area contributed by atoms with Crippen molar-refractivity contribution in [1.29, 1.82) is 0 Å². The van der Waals surface area contributed by atoms with Crippen LogP contribution in [0, 0.1) is 5.82 Å². The number of benzene rings is 1. The van der Waals surface area contributed by atoms with Crippen molar-refractivity contribution in [1.82, 2.24) is 15.5 Å². The van der Waals surface area contributed by atoms with E-state index in [1.54, 1.807) is 13.8 Å². The van der Waals surface area contributed by atoms with Crippen molar-refractivity contribution < 1.29 is 31.7 Å². The van der Waals surface area contributed by atoms with Crippen molar-refractivity contribution in [3.05, 3.63) is 35.5 Å². The quantitative estimate of drug-likeness (QED) is 0.477. The second-order valence-electron chi connectivity index (χ2n) is 5.05. The lowest BCUT2D eigenvalue weighted by Crippen LogP contribution is -2.34. The van der Waals surface area contributed by atoms with E-state index in [0.717, 1.165) is 12.1 Å². The molecule has 1 atom stereocenters. The fourth-order valence-corrected chi connectivity index (χ4v) is 1.82. The average molecular weight is 374 g/mol. The summed E-state index contributed by atoms with van der Waals surface area (Å²) >= 11 is 0. The molecular weight excluding hydrogens is 360 g/mol. The summed E-state index contributed by atoms with van der Waals surface area (Å²) in [5.41, 5.74) is -0.366. The topological polar surface area (TPSA) is 89.6 Å². The minimum absolute atomic E-state index is 0.0655. The second-order valence-corrected chi connectivity index (χ2v) is 5.05. The van der Waals surface area contributed by atoms with Gasteiger partial charge in [-0.2, -0.15) is 18.2 Å². The molecule has 11 heteroatoms. The Morgan fingerprint density at radius 3 is 2.77 bits per heavy atom. The molecule has 1 unspecified atom stereocenters. The van der Waals surface area contributed by atoms with Crippen LogP contribution in [0.4, 0.5) is 17.6 Å². The number of alkyl halides is 3. The Labute approximate surface area is 145 Å². The van der Waals surface area contributed by atoms with Crippen molar-refractivity contribution in [2.75, 3.05) is 6.61 Å². The number of aromatic nitrogens is 2. The first-order chi connectivity index (χ1) is 12.2. The molecule has 0 saturated heterocycles. The molecule has 1 aromatic carbocycles. The van der Waals surface area contributed by atoms with E-state index >= 15 is 0 Å². The van der Waals surface area contributed by atoms with Crippen LogP contribution in [-0.2, 0) is 11.0 Å². The van der Waals surface area contributed by atoms with E-state index < -0.39 is 35.7 Å². The van der Waals surface area contributed by atoms with E-state index in [1.807, 2.05) is 0 Å². The van der Waals surface area contributed by atoms with Crippen LogP contribution in [0.1, 0.15) is 30.1 Å². The van der Waals surface area contributed by atoms with Crippen molar-refractivity contribution in [2.45, 2.75) is 26.1 Å². The summed E-state index contributed by atoms with van der Waals surface area (Å²) in [5, 5.41) is 9.21. The highest BCUT2D eigenvalue weighted by atomic mass is 19.4. The van der Waals surface area contributed by atoms with Crippen LogP contribution >= 0.6 is 0 Å². The first-order valence-electron chi connectivity index (χ1n) is 7.39. The summed E-state index contributed by atoms with van der Waals surface area (Å²) in [7, 11) is 0. The predicted molar refractivity (Wildman–Crippen MR) is 81.7 cm³/mol. The van der Waals surface area contributed by atoms with Gasteiger partial charge in [-0.25, -0.2) is 4.39 Å². The maximum Gasteiger partial charge on any atom is 0.471 e. The van der Waals surface area contributed by atoms with E-state index in [9.17, 15) is 22.4 Å². The SMILES string of the molecule is CCO/N=C/C(C)NC(=O)c1ccc(-c2noc(C(F)(F)F)n2)cc1F. The van der Waals surface area contributed by atoms with Gasteiger partial charge >= 0.3 is 12.1 Å². The molecule has 2 rings (SSSR count). The predicted octanol–water partition coefficient (Wildman–Crippen LogP) is 3.04. The number of oxime groups is 1. The normalized spacial score (nSPS) is 13.0. The monoisotopic (exact) mass is 374 g/mol. The first kappa shape index (κ1) is 19.3. The maximum absolute atomic E-state index is 14.2. The average Bonchev–Trinajstić information content (AvgIpc) is 3.05. The molecule has 7 nitrogen and oxygen atoms in total. The number of hydrogen-bond donors (Lipinski definition) is 1. The van der Waals surface area contributed by atoms with Crippen molar-refractivity contribution in [2.24, 2.45) is 5.16 Å². The number of halogens is 4. The number of hydrogen-bond acceptors (Lipinski definition) is 6. The fraction of sp³-hybridized carbons (Fsp3) is 0.333. The first-order valence-corrected chi connectivity index (χ1v) is 7.39. The number of carbonyl (C=O) groups excluding carboxylic acids is 1. The van der Waals surface area contributed by atoms with E-state index in [1.165, 1.54) is 12.3 Å². The largest absolute Gasteiger partial charge is 0.471 e. The third-order valence-electron chi connectivity index (χ3n) is 2.99. The Morgan fingerprint density at radius 1 is 1.46 bits per heavy atom. The van der Waals surface area contributed by atoms with Gasteiger partial charge in [-0.1, -0.05) is 16.4 Å². The van der Waals surface area contributed by atoms with E-state index in [-0.39, 0.29) is 11.1 Å². The van der Waals surface area contributed by atoms with Crippen LogP contribution in [0.2, 0.25) is 0 Å².